The number of halogens is 1. The lowest BCUT2D eigenvalue weighted by Crippen LogP contribution is -1.93. The van der Waals surface area contributed by atoms with Crippen molar-refractivity contribution < 1.29 is 0 Å². The molecule has 3 heteroatoms. The molecule has 1 aliphatic rings. The number of hydrogen-bond donors (Lipinski definition) is 0. The molecule has 2 aromatic heterocycles. The van der Waals surface area contributed by atoms with Crippen LogP contribution in [0.15, 0.2) is 18.3 Å². The van der Waals surface area contributed by atoms with Gasteiger partial charge in [0.05, 0.1) is 5.02 Å². The third-order valence-corrected chi connectivity index (χ3v) is 3.15. The Morgan fingerprint density at radius 1 is 1.29 bits per heavy atom. The molecule has 0 saturated heterocycles. The summed E-state index contributed by atoms with van der Waals surface area (Å²) in [7, 11) is 0. The van der Waals surface area contributed by atoms with Crippen LogP contribution < -0.4 is 0 Å². The van der Waals surface area contributed by atoms with Crippen molar-refractivity contribution in [2.75, 3.05) is 0 Å². The molecule has 0 atom stereocenters. The molecule has 0 saturated carbocycles. The zero-order valence-corrected chi connectivity index (χ0v) is 8.38. The highest BCUT2D eigenvalue weighted by Crippen LogP contribution is 2.32. The number of aryl methyl sites for hydroxylation is 1. The van der Waals surface area contributed by atoms with Gasteiger partial charge in [-0.2, -0.15) is 0 Å². The molecule has 0 fully saturated rings. The Hall–Kier alpha value is -1.15. The van der Waals surface area contributed by atoms with Gasteiger partial charge in [0.25, 0.3) is 0 Å². The zero-order chi connectivity index (χ0) is 9.54. The van der Waals surface area contributed by atoms with Crippen molar-refractivity contribution in [3.8, 4) is 0 Å². The minimum atomic E-state index is 0.776. The second kappa shape index (κ2) is 2.92. The van der Waals surface area contributed by atoms with E-state index in [1.807, 2.05) is 12.1 Å². The van der Waals surface area contributed by atoms with Gasteiger partial charge in [-0.15, -0.1) is 0 Å². The van der Waals surface area contributed by atoms with E-state index in [0.29, 0.717) is 0 Å². The molecule has 14 heavy (non-hydrogen) atoms. The number of pyridine rings is 2. The van der Waals surface area contributed by atoms with Gasteiger partial charge >= 0.3 is 0 Å². The topological polar surface area (TPSA) is 25.8 Å². The summed E-state index contributed by atoms with van der Waals surface area (Å²) >= 11 is 6.31. The lowest BCUT2D eigenvalue weighted by Gasteiger charge is -2.04. The van der Waals surface area contributed by atoms with Crippen LogP contribution in [0.1, 0.15) is 17.7 Å². The van der Waals surface area contributed by atoms with E-state index in [1.54, 1.807) is 6.20 Å². The molecule has 70 valence electrons. The Kier molecular flexibility index (Phi) is 1.71. The standard InChI is InChI=1S/C11H9ClN2/c12-10-7-3-1-5-9(7)14-11-8(10)4-2-6-13-11/h2,4,6H,1,3,5H2. The number of fused-ring (bicyclic) bond motifs is 2. The first-order valence-corrected chi connectivity index (χ1v) is 5.16. The van der Waals surface area contributed by atoms with Crippen molar-refractivity contribution >= 4 is 22.6 Å². The summed E-state index contributed by atoms with van der Waals surface area (Å²) in [6.07, 6.45) is 5.03. The summed E-state index contributed by atoms with van der Waals surface area (Å²) in [5.41, 5.74) is 3.14. The molecule has 0 spiro atoms. The number of rotatable bonds is 0. The van der Waals surface area contributed by atoms with Gasteiger partial charge < -0.3 is 0 Å². The van der Waals surface area contributed by atoms with Gasteiger partial charge in [0.15, 0.2) is 5.65 Å². The van der Waals surface area contributed by atoms with Crippen LogP contribution in [0.5, 0.6) is 0 Å². The zero-order valence-electron chi connectivity index (χ0n) is 7.63. The fourth-order valence-corrected chi connectivity index (χ4v) is 2.39. The predicted molar refractivity (Wildman–Crippen MR) is 56.6 cm³/mol. The highest BCUT2D eigenvalue weighted by atomic mass is 35.5. The summed E-state index contributed by atoms with van der Waals surface area (Å²) in [6, 6.07) is 3.88. The van der Waals surface area contributed by atoms with E-state index in [1.165, 1.54) is 12.0 Å². The summed E-state index contributed by atoms with van der Waals surface area (Å²) in [5, 5.41) is 1.84. The molecule has 1 aliphatic carbocycles. The summed E-state index contributed by atoms with van der Waals surface area (Å²) < 4.78 is 0. The predicted octanol–water partition coefficient (Wildman–Crippen LogP) is 2.77. The highest BCUT2D eigenvalue weighted by Gasteiger charge is 2.18. The van der Waals surface area contributed by atoms with Crippen molar-refractivity contribution in [3.05, 3.63) is 34.6 Å². The van der Waals surface area contributed by atoms with Crippen molar-refractivity contribution in [2.24, 2.45) is 0 Å². The van der Waals surface area contributed by atoms with E-state index >= 15 is 0 Å². The van der Waals surface area contributed by atoms with Gasteiger partial charge in [-0.05, 0) is 37.0 Å². The van der Waals surface area contributed by atoms with Crippen LogP contribution in [-0.2, 0) is 12.8 Å². The molecule has 0 unspecified atom stereocenters. The maximum absolute atomic E-state index is 6.31. The Labute approximate surface area is 86.9 Å². The quantitative estimate of drug-likeness (QED) is 0.660. The molecule has 0 N–H and O–H groups in total. The average Bonchev–Trinajstić information content (AvgIpc) is 2.66. The largest absolute Gasteiger partial charge is 0.237 e. The van der Waals surface area contributed by atoms with Crippen molar-refractivity contribution in [1.29, 1.82) is 0 Å². The maximum atomic E-state index is 6.31. The van der Waals surface area contributed by atoms with E-state index in [9.17, 15) is 0 Å². The Morgan fingerprint density at radius 3 is 3.14 bits per heavy atom. The minimum Gasteiger partial charge on any atom is -0.237 e. The first kappa shape index (κ1) is 8.18. The molecule has 0 amide bonds. The molecule has 0 radical (unpaired) electrons. The molecule has 0 aromatic carbocycles. The molecule has 2 heterocycles. The van der Waals surface area contributed by atoms with Crippen LogP contribution >= 0.6 is 11.6 Å². The molecule has 2 aromatic rings. The average molecular weight is 205 g/mol. The third-order valence-electron chi connectivity index (χ3n) is 2.72. The number of aromatic nitrogens is 2. The number of nitrogens with zero attached hydrogens (tertiary/aromatic N) is 2. The maximum Gasteiger partial charge on any atom is 0.160 e. The van der Waals surface area contributed by atoms with Gasteiger partial charge in [-0.25, -0.2) is 9.97 Å². The second-order valence-electron chi connectivity index (χ2n) is 3.58. The van der Waals surface area contributed by atoms with Crippen molar-refractivity contribution in [3.63, 3.8) is 0 Å². The normalized spacial score (nSPS) is 14.6. The SMILES string of the molecule is Clc1c2c(nc3ncccc13)CCC2. The molecule has 2 nitrogen and oxygen atoms in total. The van der Waals surface area contributed by atoms with E-state index in [2.05, 4.69) is 9.97 Å². The lowest BCUT2D eigenvalue weighted by atomic mass is 10.1. The number of hydrogen-bond acceptors (Lipinski definition) is 2. The third kappa shape index (κ3) is 1.04. The van der Waals surface area contributed by atoms with Gasteiger partial charge in [0, 0.05) is 17.3 Å². The minimum absolute atomic E-state index is 0.776. The summed E-state index contributed by atoms with van der Waals surface area (Å²) in [6.45, 7) is 0. The van der Waals surface area contributed by atoms with Gasteiger partial charge in [-0.1, -0.05) is 11.6 Å². The van der Waals surface area contributed by atoms with Crippen LogP contribution in [0.4, 0.5) is 0 Å². The lowest BCUT2D eigenvalue weighted by molar-refractivity contribution is 0.900. The second-order valence-corrected chi connectivity index (χ2v) is 3.96. The fraction of sp³-hybridized carbons (Fsp3) is 0.273. The smallest absolute Gasteiger partial charge is 0.160 e. The molecular formula is C11H9ClN2. The summed E-state index contributed by atoms with van der Waals surface area (Å²) in [5.74, 6) is 0. The van der Waals surface area contributed by atoms with Crippen molar-refractivity contribution in [2.45, 2.75) is 19.3 Å². The Morgan fingerprint density at radius 2 is 2.21 bits per heavy atom. The first-order chi connectivity index (χ1) is 6.86. The van der Waals surface area contributed by atoms with Crippen LogP contribution in [0.3, 0.4) is 0 Å². The fourth-order valence-electron chi connectivity index (χ4n) is 2.04. The van der Waals surface area contributed by atoms with E-state index in [0.717, 1.165) is 34.6 Å². The van der Waals surface area contributed by atoms with Crippen LogP contribution in [0.25, 0.3) is 11.0 Å². The summed E-state index contributed by atoms with van der Waals surface area (Å²) in [4.78, 5) is 8.75. The van der Waals surface area contributed by atoms with E-state index in [4.69, 9.17) is 11.6 Å². The van der Waals surface area contributed by atoms with Gasteiger partial charge in [0.2, 0.25) is 0 Å². The van der Waals surface area contributed by atoms with Crippen molar-refractivity contribution in [1.82, 2.24) is 9.97 Å². The Bertz CT molecular complexity index is 508. The van der Waals surface area contributed by atoms with E-state index < -0.39 is 0 Å². The first-order valence-electron chi connectivity index (χ1n) is 4.78. The van der Waals surface area contributed by atoms with Crippen LogP contribution in [0, 0.1) is 0 Å². The van der Waals surface area contributed by atoms with E-state index in [-0.39, 0.29) is 0 Å². The highest BCUT2D eigenvalue weighted by molar-refractivity contribution is 6.36. The molecule has 0 bridgehead atoms. The monoisotopic (exact) mass is 204 g/mol. The van der Waals surface area contributed by atoms with Crippen LogP contribution in [0.2, 0.25) is 5.02 Å². The van der Waals surface area contributed by atoms with Crippen LogP contribution in [-0.4, -0.2) is 9.97 Å². The molecule has 3 rings (SSSR count). The van der Waals surface area contributed by atoms with Gasteiger partial charge in [-0.3, -0.25) is 0 Å². The van der Waals surface area contributed by atoms with Gasteiger partial charge in [0.1, 0.15) is 0 Å². The Balaban J connectivity index is 2.44. The molecular weight excluding hydrogens is 196 g/mol. The molecule has 0 aliphatic heterocycles.